The van der Waals surface area contributed by atoms with Gasteiger partial charge in [-0.3, -0.25) is 4.90 Å². The first-order chi connectivity index (χ1) is 14.8. The van der Waals surface area contributed by atoms with Crippen molar-refractivity contribution in [3.05, 3.63) is 34.8 Å². The molecular weight excluding hydrogens is 443 g/mol. The van der Waals surface area contributed by atoms with Crippen LogP contribution in [0.5, 0.6) is 5.75 Å². The Hall–Kier alpha value is -2.80. The summed E-state index contributed by atoms with van der Waals surface area (Å²) < 4.78 is 49.2. The summed E-state index contributed by atoms with van der Waals surface area (Å²) in [6.07, 6.45) is -6.04. The number of halogens is 3. The summed E-state index contributed by atoms with van der Waals surface area (Å²) in [5.74, 6) is 0.255. The largest absolute Gasteiger partial charge is 0.490 e. The Bertz CT molecular complexity index is 1040. The van der Waals surface area contributed by atoms with Crippen LogP contribution in [-0.4, -0.2) is 45.4 Å². The van der Waals surface area contributed by atoms with Gasteiger partial charge in [-0.2, -0.15) is 18.4 Å². The van der Waals surface area contributed by atoms with E-state index < -0.39 is 35.7 Å². The van der Waals surface area contributed by atoms with Crippen LogP contribution in [0.3, 0.4) is 0 Å². The molecule has 32 heavy (non-hydrogen) atoms. The van der Waals surface area contributed by atoms with E-state index >= 15 is 0 Å². The summed E-state index contributed by atoms with van der Waals surface area (Å²) in [4.78, 5) is 17.5. The maximum absolute atomic E-state index is 14.4. The zero-order valence-corrected chi connectivity index (χ0v) is 19.0. The zero-order chi connectivity index (χ0) is 23.9. The normalized spacial score (nSPS) is 21.8. The molecule has 1 amide bonds. The fourth-order valence-electron chi connectivity index (χ4n) is 4.31. The molecule has 2 heterocycles. The number of carboxylic acid groups (broad SMARTS) is 1. The summed E-state index contributed by atoms with van der Waals surface area (Å²) in [6, 6.07) is 6.81. The molecule has 1 aromatic heterocycles. The third-order valence-electron chi connectivity index (χ3n) is 5.81. The molecule has 0 bridgehead atoms. The van der Waals surface area contributed by atoms with E-state index in [4.69, 9.17) is 4.74 Å². The molecular formula is C22H24F3N3O3S. The topological polar surface area (TPSA) is 86.5 Å². The molecule has 2 aromatic rings. The molecule has 1 aliphatic heterocycles. The lowest BCUT2D eigenvalue weighted by atomic mass is 9.66. The van der Waals surface area contributed by atoms with Gasteiger partial charge in [-0.1, -0.05) is 20.8 Å². The summed E-state index contributed by atoms with van der Waals surface area (Å²) in [5, 5.41) is 19.6. The van der Waals surface area contributed by atoms with E-state index in [1.165, 1.54) is 38.2 Å². The third kappa shape index (κ3) is 4.26. The van der Waals surface area contributed by atoms with E-state index in [1.54, 1.807) is 18.3 Å². The molecule has 6 nitrogen and oxygen atoms in total. The molecule has 0 aliphatic carbocycles. The quantitative estimate of drug-likeness (QED) is 0.611. The number of carbonyl (C=O) groups is 1. The molecule has 1 saturated heterocycles. The summed E-state index contributed by atoms with van der Waals surface area (Å²) >= 11 is 1.43. The minimum absolute atomic E-state index is 0.0999. The Morgan fingerprint density at radius 3 is 2.53 bits per heavy atom. The van der Waals surface area contributed by atoms with Gasteiger partial charge in [0, 0.05) is 36.0 Å². The van der Waals surface area contributed by atoms with Crippen molar-refractivity contribution in [2.45, 2.75) is 58.4 Å². The number of hydrogen-bond acceptors (Lipinski definition) is 5. The molecule has 172 valence electrons. The first-order valence-corrected chi connectivity index (χ1v) is 10.8. The molecule has 0 radical (unpaired) electrons. The van der Waals surface area contributed by atoms with Crippen molar-refractivity contribution in [1.29, 1.82) is 5.26 Å². The fourth-order valence-corrected chi connectivity index (χ4v) is 5.06. The van der Waals surface area contributed by atoms with Crippen molar-refractivity contribution >= 4 is 17.4 Å². The van der Waals surface area contributed by atoms with Gasteiger partial charge >= 0.3 is 12.3 Å². The van der Waals surface area contributed by atoms with Gasteiger partial charge in [-0.05, 0) is 30.5 Å². The second kappa shape index (κ2) is 8.28. The molecule has 1 aliphatic rings. The van der Waals surface area contributed by atoms with Gasteiger partial charge in [-0.15, -0.1) is 11.3 Å². The van der Waals surface area contributed by atoms with Crippen molar-refractivity contribution in [3.8, 4) is 22.4 Å². The van der Waals surface area contributed by atoms with Gasteiger partial charge in [0.1, 0.15) is 22.4 Å². The first-order valence-electron chi connectivity index (χ1n) is 10.0. The summed E-state index contributed by atoms with van der Waals surface area (Å²) in [5.41, 5.74) is -3.11. The molecule has 1 fully saturated rings. The maximum atomic E-state index is 14.4. The average Bonchev–Trinajstić information content (AvgIpc) is 3.12. The first kappa shape index (κ1) is 23.9. The van der Waals surface area contributed by atoms with E-state index in [0.29, 0.717) is 21.0 Å². The molecule has 2 unspecified atom stereocenters. The molecule has 1 N–H and O–H groups in total. The van der Waals surface area contributed by atoms with Gasteiger partial charge in [0.25, 0.3) is 0 Å². The lowest BCUT2D eigenvalue weighted by Gasteiger charge is -2.55. The summed E-state index contributed by atoms with van der Waals surface area (Å²) in [6.45, 7) is 5.74. The van der Waals surface area contributed by atoms with Crippen LogP contribution in [0.2, 0.25) is 0 Å². The van der Waals surface area contributed by atoms with E-state index in [9.17, 15) is 28.3 Å². The minimum atomic E-state index is -4.80. The number of nitriles is 1. The van der Waals surface area contributed by atoms with Crippen LogP contribution in [-0.2, 0) is 0 Å². The SMILES string of the molecule is Cc1cnc(-c2cc(C#N)cc(OC3CCN(C(=O)O)C(C(C)(C)C)(C(F)(F)F)C3)c2)s1. The van der Waals surface area contributed by atoms with Crippen molar-refractivity contribution in [2.24, 2.45) is 5.41 Å². The predicted molar refractivity (Wildman–Crippen MR) is 114 cm³/mol. The van der Waals surface area contributed by atoms with E-state index in [0.717, 1.165) is 4.88 Å². The minimum Gasteiger partial charge on any atom is -0.490 e. The predicted octanol–water partition coefficient (Wildman–Crippen LogP) is 5.86. The Morgan fingerprint density at radius 2 is 2.03 bits per heavy atom. The third-order valence-corrected chi connectivity index (χ3v) is 6.77. The van der Waals surface area contributed by atoms with Crippen molar-refractivity contribution in [3.63, 3.8) is 0 Å². The summed E-state index contributed by atoms with van der Waals surface area (Å²) in [7, 11) is 0. The number of aryl methyl sites for hydroxylation is 1. The van der Waals surface area contributed by atoms with Crippen LogP contribution in [0.4, 0.5) is 18.0 Å². The number of amides is 1. The Kier molecular flexibility index (Phi) is 6.17. The number of likely N-dealkylation sites (tertiary alicyclic amines) is 1. The highest BCUT2D eigenvalue weighted by atomic mass is 32.1. The van der Waals surface area contributed by atoms with Crippen LogP contribution in [0.15, 0.2) is 24.4 Å². The van der Waals surface area contributed by atoms with Crippen molar-refractivity contribution < 1.29 is 27.8 Å². The van der Waals surface area contributed by atoms with Gasteiger partial charge < -0.3 is 9.84 Å². The lowest BCUT2D eigenvalue weighted by molar-refractivity contribution is -0.273. The number of benzene rings is 1. The molecule has 1 aromatic carbocycles. The Balaban J connectivity index is 1.98. The van der Waals surface area contributed by atoms with E-state index in [2.05, 4.69) is 4.98 Å². The molecule has 0 saturated carbocycles. The number of hydrogen-bond donors (Lipinski definition) is 1. The van der Waals surface area contributed by atoms with Crippen molar-refractivity contribution in [2.75, 3.05) is 6.54 Å². The molecule has 2 atom stereocenters. The fraction of sp³-hybridized carbons (Fsp3) is 0.500. The lowest BCUT2D eigenvalue weighted by Crippen LogP contribution is -2.71. The van der Waals surface area contributed by atoms with Crippen LogP contribution in [0.25, 0.3) is 10.6 Å². The van der Waals surface area contributed by atoms with Crippen LogP contribution in [0.1, 0.15) is 44.1 Å². The number of piperidine rings is 1. The van der Waals surface area contributed by atoms with Gasteiger partial charge in [0.05, 0.1) is 11.6 Å². The maximum Gasteiger partial charge on any atom is 0.412 e. The second-order valence-electron chi connectivity index (χ2n) is 8.91. The smallest absolute Gasteiger partial charge is 0.412 e. The highest BCUT2D eigenvalue weighted by Crippen LogP contribution is 2.53. The Morgan fingerprint density at radius 1 is 1.34 bits per heavy atom. The van der Waals surface area contributed by atoms with Gasteiger partial charge in [0.15, 0.2) is 0 Å². The number of aromatic nitrogens is 1. The second-order valence-corrected chi connectivity index (χ2v) is 10.1. The Labute approximate surface area is 188 Å². The number of nitrogens with zero attached hydrogens (tertiary/aromatic N) is 3. The highest BCUT2D eigenvalue weighted by Gasteiger charge is 2.68. The molecule has 3 rings (SSSR count). The average molecular weight is 468 g/mol. The van der Waals surface area contributed by atoms with Crippen LogP contribution < -0.4 is 4.74 Å². The van der Waals surface area contributed by atoms with Gasteiger partial charge in [0.2, 0.25) is 0 Å². The number of alkyl halides is 3. The van der Waals surface area contributed by atoms with Gasteiger partial charge in [-0.25, -0.2) is 9.78 Å². The molecule has 10 heteroatoms. The van der Waals surface area contributed by atoms with Crippen LogP contribution in [0, 0.1) is 23.7 Å². The number of thiazole rings is 1. The van der Waals surface area contributed by atoms with Crippen molar-refractivity contribution in [1.82, 2.24) is 9.88 Å². The monoisotopic (exact) mass is 467 g/mol. The highest BCUT2D eigenvalue weighted by molar-refractivity contribution is 7.14. The van der Waals surface area contributed by atoms with Crippen LogP contribution >= 0.6 is 11.3 Å². The number of ether oxygens (including phenoxy) is 1. The van der Waals surface area contributed by atoms with E-state index in [-0.39, 0.29) is 18.7 Å². The zero-order valence-electron chi connectivity index (χ0n) is 18.2. The number of rotatable bonds is 3. The standard InChI is InChI=1S/C22H24F3N3O3S/c1-13-12-27-18(32-13)15-7-14(11-26)8-17(9-15)31-16-5-6-28(19(29)30)21(10-16,20(2,3)4)22(23,24)25/h7-9,12,16H,5-6,10H2,1-4H3,(H,29,30). The molecule has 0 spiro atoms. The van der Waals surface area contributed by atoms with E-state index in [1.807, 2.05) is 13.0 Å².